The number of hydrogen-bond donors (Lipinski definition) is 1. The molecule has 1 aliphatic heterocycles. The van der Waals surface area contributed by atoms with Gasteiger partial charge in [0.2, 0.25) is 0 Å². The van der Waals surface area contributed by atoms with E-state index < -0.39 is 11.4 Å². The zero-order chi connectivity index (χ0) is 10.8. The number of rotatable bonds is 4. The van der Waals surface area contributed by atoms with Gasteiger partial charge in [-0.2, -0.15) is 0 Å². The second kappa shape index (κ2) is 4.30. The van der Waals surface area contributed by atoms with Crippen LogP contribution in [0.25, 0.3) is 0 Å². The Kier molecular flexibility index (Phi) is 3.53. The van der Waals surface area contributed by atoms with Crippen molar-refractivity contribution in [2.24, 2.45) is 11.3 Å². The first-order valence-electron chi connectivity index (χ1n) is 5.34. The third-order valence-corrected chi connectivity index (χ3v) is 3.25. The van der Waals surface area contributed by atoms with Crippen LogP contribution in [0.1, 0.15) is 33.1 Å². The Morgan fingerprint density at radius 1 is 1.57 bits per heavy atom. The summed E-state index contributed by atoms with van der Waals surface area (Å²) in [6.07, 6.45) is 3.07. The normalized spacial score (nSPS) is 24.1. The second-order valence-corrected chi connectivity index (χ2v) is 5.14. The van der Waals surface area contributed by atoms with Gasteiger partial charge in [-0.3, -0.25) is 4.79 Å². The molecule has 0 aromatic rings. The van der Waals surface area contributed by atoms with Gasteiger partial charge in [0.1, 0.15) is 0 Å². The SMILES string of the molecule is CN1CCC(CCC(C)(C)C(=O)O)C1. The highest BCUT2D eigenvalue weighted by Crippen LogP contribution is 2.28. The second-order valence-electron chi connectivity index (χ2n) is 5.14. The fourth-order valence-corrected chi connectivity index (χ4v) is 1.93. The largest absolute Gasteiger partial charge is 0.481 e. The summed E-state index contributed by atoms with van der Waals surface area (Å²) in [5, 5.41) is 8.96. The van der Waals surface area contributed by atoms with Crippen LogP contribution in [0, 0.1) is 11.3 Å². The van der Waals surface area contributed by atoms with Crippen molar-refractivity contribution in [1.82, 2.24) is 4.90 Å². The van der Waals surface area contributed by atoms with Gasteiger partial charge in [0.25, 0.3) is 0 Å². The Hall–Kier alpha value is -0.570. The van der Waals surface area contributed by atoms with Crippen molar-refractivity contribution in [3.8, 4) is 0 Å². The van der Waals surface area contributed by atoms with E-state index in [4.69, 9.17) is 5.11 Å². The fraction of sp³-hybridized carbons (Fsp3) is 0.909. The minimum atomic E-state index is -0.677. The van der Waals surface area contributed by atoms with Crippen molar-refractivity contribution in [2.45, 2.75) is 33.1 Å². The Bertz CT molecular complexity index is 213. The molecule has 0 aromatic carbocycles. The molecule has 0 aliphatic carbocycles. The zero-order valence-electron chi connectivity index (χ0n) is 9.42. The standard InChI is InChI=1S/C11H21NO2/c1-11(2,10(13)14)6-4-9-5-7-12(3)8-9/h9H,4-8H2,1-3H3,(H,13,14). The van der Waals surface area contributed by atoms with E-state index in [1.807, 2.05) is 13.8 Å². The average molecular weight is 199 g/mol. The first-order chi connectivity index (χ1) is 6.42. The lowest BCUT2D eigenvalue weighted by Crippen LogP contribution is -2.24. The predicted octanol–water partition coefficient (Wildman–Crippen LogP) is 1.83. The number of aliphatic carboxylic acids is 1. The van der Waals surface area contributed by atoms with Crippen molar-refractivity contribution >= 4 is 5.97 Å². The van der Waals surface area contributed by atoms with Crippen LogP contribution >= 0.6 is 0 Å². The van der Waals surface area contributed by atoms with Crippen LogP contribution in [0.15, 0.2) is 0 Å². The molecule has 82 valence electrons. The Balaban J connectivity index is 2.30. The highest BCUT2D eigenvalue weighted by molar-refractivity contribution is 5.73. The first-order valence-corrected chi connectivity index (χ1v) is 5.34. The van der Waals surface area contributed by atoms with Crippen molar-refractivity contribution in [3.63, 3.8) is 0 Å². The van der Waals surface area contributed by atoms with Crippen LogP contribution in [0.2, 0.25) is 0 Å². The molecule has 1 rings (SSSR count). The Labute approximate surface area is 86.1 Å². The van der Waals surface area contributed by atoms with Crippen LogP contribution in [0.3, 0.4) is 0 Å². The molecule has 1 saturated heterocycles. The molecule has 14 heavy (non-hydrogen) atoms. The van der Waals surface area contributed by atoms with Crippen molar-refractivity contribution in [2.75, 3.05) is 20.1 Å². The summed E-state index contributed by atoms with van der Waals surface area (Å²) >= 11 is 0. The minimum absolute atomic E-state index is 0.554. The lowest BCUT2D eigenvalue weighted by atomic mass is 9.84. The van der Waals surface area contributed by atoms with Gasteiger partial charge in [0.15, 0.2) is 0 Å². The maximum atomic E-state index is 10.9. The summed E-state index contributed by atoms with van der Waals surface area (Å²) in [6.45, 7) is 5.93. The summed E-state index contributed by atoms with van der Waals surface area (Å²) in [5.41, 5.74) is -0.554. The van der Waals surface area contributed by atoms with Crippen LogP contribution in [0.4, 0.5) is 0 Å². The van der Waals surface area contributed by atoms with E-state index in [0.29, 0.717) is 5.92 Å². The molecule has 0 amide bonds. The van der Waals surface area contributed by atoms with E-state index >= 15 is 0 Å². The van der Waals surface area contributed by atoms with Gasteiger partial charge in [-0.25, -0.2) is 0 Å². The van der Waals surface area contributed by atoms with Gasteiger partial charge < -0.3 is 10.0 Å². The summed E-state index contributed by atoms with van der Waals surface area (Å²) in [7, 11) is 2.13. The summed E-state index contributed by atoms with van der Waals surface area (Å²) in [5.74, 6) is 0.0301. The molecule has 1 fully saturated rings. The predicted molar refractivity (Wildman–Crippen MR) is 56.3 cm³/mol. The molecule has 1 atom stereocenters. The van der Waals surface area contributed by atoms with Gasteiger partial charge >= 0.3 is 5.97 Å². The molecular weight excluding hydrogens is 178 g/mol. The van der Waals surface area contributed by atoms with Gasteiger partial charge in [-0.05, 0) is 52.6 Å². The fourth-order valence-electron chi connectivity index (χ4n) is 1.93. The molecule has 1 N–H and O–H groups in total. The number of hydrogen-bond acceptors (Lipinski definition) is 2. The maximum absolute atomic E-state index is 10.9. The Morgan fingerprint density at radius 2 is 2.21 bits per heavy atom. The highest BCUT2D eigenvalue weighted by Gasteiger charge is 2.29. The molecule has 1 aliphatic rings. The molecule has 0 saturated carbocycles. The molecule has 1 unspecified atom stereocenters. The molecule has 0 aromatic heterocycles. The summed E-state index contributed by atoms with van der Waals surface area (Å²) in [6, 6.07) is 0. The lowest BCUT2D eigenvalue weighted by Gasteiger charge is -2.20. The topological polar surface area (TPSA) is 40.5 Å². The molecule has 0 radical (unpaired) electrons. The quantitative estimate of drug-likeness (QED) is 0.751. The van der Waals surface area contributed by atoms with Crippen molar-refractivity contribution in [1.29, 1.82) is 0 Å². The highest BCUT2D eigenvalue weighted by atomic mass is 16.4. The van der Waals surface area contributed by atoms with E-state index in [1.165, 1.54) is 6.42 Å². The molecule has 3 nitrogen and oxygen atoms in total. The monoisotopic (exact) mass is 199 g/mol. The smallest absolute Gasteiger partial charge is 0.309 e. The molecule has 0 bridgehead atoms. The maximum Gasteiger partial charge on any atom is 0.309 e. The molecule has 3 heteroatoms. The number of nitrogens with zero attached hydrogens (tertiary/aromatic N) is 1. The van der Waals surface area contributed by atoms with Gasteiger partial charge in [0.05, 0.1) is 5.41 Å². The van der Waals surface area contributed by atoms with Crippen molar-refractivity contribution in [3.05, 3.63) is 0 Å². The van der Waals surface area contributed by atoms with E-state index in [-0.39, 0.29) is 0 Å². The van der Waals surface area contributed by atoms with Gasteiger partial charge in [-0.15, -0.1) is 0 Å². The van der Waals surface area contributed by atoms with E-state index in [2.05, 4.69) is 11.9 Å². The van der Waals surface area contributed by atoms with Gasteiger partial charge in [-0.1, -0.05) is 0 Å². The van der Waals surface area contributed by atoms with E-state index in [9.17, 15) is 4.79 Å². The van der Waals surface area contributed by atoms with Crippen molar-refractivity contribution < 1.29 is 9.90 Å². The van der Waals surface area contributed by atoms with Crippen LogP contribution in [-0.2, 0) is 4.79 Å². The van der Waals surface area contributed by atoms with E-state index in [1.54, 1.807) is 0 Å². The number of carboxylic acid groups (broad SMARTS) is 1. The minimum Gasteiger partial charge on any atom is -0.481 e. The molecule has 1 heterocycles. The van der Waals surface area contributed by atoms with Crippen LogP contribution in [0.5, 0.6) is 0 Å². The summed E-state index contributed by atoms with van der Waals surface area (Å²) in [4.78, 5) is 13.2. The summed E-state index contributed by atoms with van der Waals surface area (Å²) < 4.78 is 0. The third kappa shape index (κ3) is 2.98. The third-order valence-electron chi connectivity index (χ3n) is 3.25. The zero-order valence-corrected chi connectivity index (χ0v) is 9.42. The van der Waals surface area contributed by atoms with Crippen LogP contribution < -0.4 is 0 Å². The lowest BCUT2D eigenvalue weighted by molar-refractivity contribution is -0.147. The average Bonchev–Trinajstić information content (AvgIpc) is 2.48. The Morgan fingerprint density at radius 3 is 2.64 bits per heavy atom. The molecular formula is C11H21NO2. The number of carbonyl (C=O) groups is 1. The van der Waals surface area contributed by atoms with E-state index in [0.717, 1.165) is 25.9 Å². The number of likely N-dealkylation sites (tertiary alicyclic amines) is 1. The van der Waals surface area contributed by atoms with Gasteiger partial charge in [0, 0.05) is 6.54 Å². The molecule has 0 spiro atoms. The van der Waals surface area contributed by atoms with Crippen LogP contribution in [-0.4, -0.2) is 36.1 Å². The first kappa shape index (κ1) is 11.5. The number of carboxylic acids is 1.